The summed E-state index contributed by atoms with van der Waals surface area (Å²) < 4.78 is 5.60. The Bertz CT molecular complexity index is 563. The number of nitrogens with one attached hydrogen (secondary N) is 1. The molecule has 1 aromatic carbocycles. The van der Waals surface area contributed by atoms with Gasteiger partial charge in [0.25, 0.3) is 0 Å². The molecule has 0 aliphatic heterocycles. The van der Waals surface area contributed by atoms with E-state index in [9.17, 15) is 0 Å². The van der Waals surface area contributed by atoms with Gasteiger partial charge in [0.05, 0.1) is 6.61 Å². The van der Waals surface area contributed by atoms with Crippen molar-refractivity contribution in [3.63, 3.8) is 0 Å². The van der Waals surface area contributed by atoms with Crippen LogP contribution in [-0.4, -0.2) is 18.1 Å². The Morgan fingerprint density at radius 2 is 2.05 bits per heavy atom. The Balaban J connectivity index is 1.61. The van der Waals surface area contributed by atoms with Crippen molar-refractivity contribution in [3.8, 4) is 11.8 Å². The first-order chi connectivity index (χ1) is 9.88. The van der Waals surface area contributed by atoms with Crippen LogP contribution >= 0.6 is 0 Å². The first-order valence-corrected chi connectivity index (χ1v) is 6.62. The number of pyridine rings is 1. The minimum atomic E-state index is 0.455. The van der Waals surface area contributed by atoms with Gasteiger partial charge in [-0.2, -0.15) is 5.26 Å². The summed E-state index contributed by atoms with van der Waals surface area (Å²) in [6.45, 7) is 2.30. The molecule has 0 amide bonds. The number of hydrogen-bond donors (Lipinski definition) is 1. The molecule has 0 aliphatic rings. The van der Waals surface area contributed by atoms with Gasteiger partial charge in [-0.3, -0.25) is 0 Å². The third kappa shape index (κ3) is 4.71. The Kier molecular flexibility index (Phi) is 5.56. The van der Waals surface area contributed by atoms with Crippen molar-refractivity contribution in [1.82, 2.24) is 10.3 Å². The number of aromatic nitrogens is 1. The van der Waals surface area contributed by atoms with Crippen LogP contribution in [0.4, 0.5) is 0 Å². The van der Waals surface area contributed by atoms with Crippen molar-refractivity contribution in [2.75, 3.05) is 13.2 Å². The third-order valence-corrected chi connectivity index (χ3v) is 2.78. The van der Waals surface area contributed by atoms with Gasteiger partial charge in [-0.1, -0.05) is 18.2 Å². The Labute approximate surface area is 119 Å². The summed E-state index contributed by atoms with van der Waals surface area (Å²) in [7, 11) is 0. The molecule has 0 unspecified atom stereocenters. The summed E-state index contributed by atoms with van der Waals surface area (Å²) in [4.78, 5) is 3.94. The Morgan fingerprint density at radius 3 is 2.85 bits per heavy atom. The molecule has 0 atom stereocenters. The number of para-hydroxylation sites is 1. The average molecular weight is 267 g/mol. The highest BCUT2D eigenvalue weighted by atomic mass is 16.5. The number of benzene rings is 1. The molecule has 0 radical (unpaired) electrons. The van der Waals surface area contributed by atoms with Gasteiger partial charge < -0.3 is 10.1 Å². The summed E-state index contributed by atoms with van der Waals surface area (Å²) >= 11 is 0. The van der Waals surface area contributed by atoms with Crippen molar-refractivity contribution in [2.45, 2.75) is 13.0 Å². The molecule has 1 aromatic heterocycles. The second-order valence-electron chi connectivity index (χ2n) is 4.35. The van der Waals surface area contributed by atoms with E-state index in [0.29, 0.717) is 12.3 Å². The number of nitrogens with zero attached hydrogens (tertiary/aromatic N) is 2. The van der Waals surface area contributed by atoms with Crippen molar-refractivity contribution in [1.29, 1.82) is 5.26 Å². The zero-order valence-electron chi connectivity index (χ0n) is 11.2. The predicted octanol–water partition coefficient (Wildman–Crippen LogP) is 2.51. The van der Waals surface area contributed by atoms with E-state index in [1.54, 1.807) is 12.3 Å². The summed E-state index contributed by atoms with van der Waals surface area (Å²) in [6, 6.07) is 15.5. The Hall–Kier alpha value is -2.38. The zero-order valence-corrected chi connectivity index (χ0v) is 11.2. The predicted molar refractivity (Wildman–Crippen MR) is 77.2 cm³/mol. The van der Waals surface area contributed by atoms with E-state index in [4.69, 9.17) is 10.00 Å². The fraction of sp³-hybridized carbons (Fsp3) is 0.250. The highest BCUT2D eigenvalue weighted by Gasteiger charge is 1.96. The van der Waals surface area contributed by atoms with Gasteiger partial charge in [0.1, 0.15) is 17.5 Å². The highest BCUT2D eigenvalue weighted by Crippen LogP contribution is 2.08. The SMILES string of the molecule is N#Cc1cc(CNCCCOc2ccccc2)ccn1. The lowest BCUT2D eigenvalue weighted by molar-refractivity contribution is 0.308. The van der Waals surface area contributed by atoms with Crippen LogP contribution in [0.5, 0.6) is 5.75 Å². The number of hydrogen-bond acceptors (Lipinski definition) is 4. The summed E-state index contributed by atoms with van der Waals surface area (Å²) in [5.41, 5.74) is 1.53. The first kappa shape index (κ1) is 14.0. The second-order valence-corrected chi connectivity index (χ2v) is 4.35. The van der Waals surface area contributed by atoms with Gasteiger partial charge in [-0.25, -0.2) is 4.98 Å². The smallest absolute Gasteiger partial charge is 0.140 e. The van der Waals surface area contributed by atoms with Gasteiger partial charge >= 0.3 is 0 Å². The van der Waals surface area contributed by atoms with Crippen LogP contribution in [0, 0.1) is 11.3 Å². The zero-order chi connectivity index (χ0) is 14.0. The summed E-state index contributed by atoms with van der Waals surface area (Å²) in [5.74, 6) is 0.903. The monoisotopic (exact) mass is 267 g/mol. The van der Waals surface area contributed by atoms with E-state index in [1.807, 2.05) is 42.5 Å². The van der Waals surface area contributed by atoms with Gasteiger partial charge in [-0.05, 0) is 42.8 Å². The quantitative estimate of drug-likeness (QED) is 0.783. The molecule has 0 spiro atoms. The molecule has 0 saturated heterocycles. The molecule has 20 heavy (non-hydrogen) atoms. The second kappa shape index (κ2) is 7.93. The third-order valence-electron chi connectivity index (χ3n) is 2.78. The van der Waals surface area contributed by atoms with Crippen LogP contribution in [0.1, 0.15) is 17.7 Å². The first-order valence-electron chi connectivity index (χ1n) is 6.62. The highest BCUT2D eigenvalue weighted by molar-refractivity contribution is 5.25. The van der Waals surface area contributed by atoms with E-state index in [0.717, 1.165) is 30.8 Å². The van der Waals surface area contributed by atoms with Crippen LogP contribution in [0.2, 0.25) is 0 Å². The molecule has 0 bridgehead atoms. The molecule has 1 heterocycles. The van der Waals surface area contributed by atoms with Crippen LogP contribution < -0.4 is 10.1 Å². The molecule has 4 heteroatoms. The molecule has 0 aliphatic carbocycles. The van der Waals surface area contributed by atoms with Crippen molar-refractivity contribution >= 4 is 0 Å². The van der Waals surface area contributed by atoms with Crippen LogP contribution in [-0.2, 0) is 6.54 Å². The average Bonchev–Trinajstić information content (AvgIpc) is 2.52. The van der Waals surface area contributed by atoms with Crippen LogP contribution in [0.3, 0.4) is 0 Å². The summed E-state index contributed by atoms with van der Waals surface area (Å²) in [5, 5.41) is 12.1. The van der Waals surface area contributed by atoms with E-state index in [1.165, 1.54) is 0 Å². The maximum Gasteiger partial charge on any atom is 0.140 e. The number of nitriles is 1. The topological polar surface area (TPSA) is 57.9 Å². The van der Waals surface area contributed by atoms with Crippen LogP contribution in [0.15, 0.2) is 48.7 Å². The molecule has 2 aromatic rings. The lowest BCUT2D eigenvalue weighted by Gasteiger charge is -2.07. The van der Waals surface area contributed by atoms with Crippen molar-refractivity contribution in [3.05, 3.63) is 59.9 Å². The van der Waals surface area contributed by atoms with Gasteiger partial charge in [0, 0.05) is 12.7 Å². The van der Waals surface area contributed by atoms with E-state index in [2.05, 4.69) is 10.3 Å². The summed E-state index contributed by atoms with van der Waals surface area (Å²) in [6.07, 6.45) is 2.60. The lowest BCUT2D eigenvalue weighted by atomic mass is 10.2. The molecular formula is C16H17N3O. The van der Waals surface area contributed by atoms with Gasteiger partial charge in [-0.15, -0.1) is 0 Å². The molecule has 0 saturated carbocycles. The van der Waals surface area contributed by atoms with E-state index < -0.39 is 0 Å². The molecule has 2 rings (SSSR count). The number of rotatable bonds is 7. The van der Waals surface area contributed by atoms with Crippen LogP contribution in [0.25, 0.3) is 0 Å². The minimum absolute atomic E-state index is 0.455. The molecule has 102 valence electrons. The standard InChI is InChI=1S/C16H17N3O/c17-12-15-11-14(7-9-19-15)13-18-8-4-10-20-16-5-2-1-3-6-16/h1-3,5-7,9,11,18H,4,8,10,13H2. The Morgan fingerprint density at radius 1 is 1.20 bits per heavy atom. The fourth-order valence-electron chi connectivity index (χ4n) is 1.78. The van der Waals surface area contributed by atoms with Gasteiger partial charge in [0.15, 0.2) is 0 Å². The van der Waals surface area contributed by atoms with E-state index >= 15 is 0 Å². The van der Waals surface area contributed by atoms with Crippen molar-refractivity contribution in [2.24, 2.45) is 0 Å². The molecule has 1 N–H and O–H groups in total. The normalized spacial score (nSPS) is 9.95. The van der Waals surface area contributed by atoms with E-state index in [-0.39, 0.29) is 0 Å². The maximum atomic E-state index is 8.76. The fourth-order valence-corrected chi connectivity index (χ4v) is 1.78. The molecule has 0 fully saturated rings. The maximum absolute atomic E-state index is 8.76. The number of ether oxygens (including phenoxy) is 1. The largest absolute Gasteiger partial charge is 0.494 e. The molecule has 4 nitrogen and oxygen atoms in total. The minimum Gasteiger partial charge on any atom is -0.494 e. The molecular weight excluding hydrogens is 250 g/mol. The lowest BCUT2D eigenvalue weighted by Crippen LogP contribution is -2.17. The van der Waals surface area contributed by atoms with Crippen molar-refractivity contribution < 1.29 is 4.74 Å². The van der Waals surface area contributed by atoms with Gasteiger partial charge in [0.2, 0.25) is 0 Å².